The molecule has 4 rings (SSSR count). The van der Waals surface area contributed by atoms with Gasteiger partial charge < -0.3 is 9.80 Å². The number of piperazine rings is 1. The van der Waals surface area contributed by atoms with Crippen molar-refractivity contribution < 1.29 is 4.79 Å². The Hall–Kier alpha value is -1.69. The van der Waals surface area contributed by atoms with Crippen LogP contribution in [0, 0.1) is 5.92 Å². The number of pyridine rings is 1. The lowest BCUT2D eigenvalue weighted by Crippen LogP contribution is -2.51. The first-order valence-corrected chi connectivity index (χ1v) is 8.38. The quantitative estimate of drug-likeness (QED) is 0.853. The third-order valence-electron chi connectivity index (χ3n) is 4.47. The van der Waals surface area contributed by atoms with Gasteiger partial charge in [0.1, 0.15) is 10.3 Å². The summed E-state index contributed by atoms with van der Waals surface area (Å²) in [5, 5.41) is 1.03. The fourth-order valence-corrected chi connectivity index (χ4v) is 3.89. The van der Waals surface area contributed by atoms with Gasteiger partial charge in [-0.15, -0.1) is 0 Å². The minimum absolute atomic E-state index is 0.309. The number of nitrogens with zero attached hydrogens (tertiary/aromatic N) is 4. The van der Waals surface area contributed by atoms with E-state index in [-0.39, 0.29) is 0 Å². The maximum atomic E-state index is 12.2. The summed E-state index contributed by atoms with van der Waals surface area (Å²) in [6, 6.07) is 3.92. The molecule has 3 heterocycles. The van der Waals surface area contributed by atoms with E-state index in [1.807, 2.05) is 17.0 Å². The second-order valence-corrected chi connectivity index (χ2v) is 6.72. The van der Waals surface area contributed by atoms with E-state index in [1.54, 1.807) is 17.5 Å². The molecular weight excluding hydrogens is 284 g/mol. The van der Waals surface area contributed by atoms with Gasteiger partial charge in [0.25, 0.3) is 0 Å². The molecule has 0 unspecified atom stereocenters. The molecule has 1 saturated carbocycles. The van der Waals surface area contributed by atoms with E-state index < -0.39 is 0 Å². The molecule has 0 spiro atoms. The molecule has 2 fully saturated rings. The molecule has 2 aliphatic rings. The number of hydrogen-bond donors (Lipinski definition) is 0. The lowest BCUT2D eigenvalue weighted by Gasteiger charge is -2.38. The van der Waals surface area contributed by atoms with Crippen molar-refractivity contribution in [2.45, 2.75) is 19.3 Å². The Kier molecular flexibility index (Phi) is 3.25. The normalized spacial score (nSPS) is 19.8. The Balaban J connectivity index is 1.43. The van der Waals surface area contributed by atoms with Crippen LogP contribution in [0.15, 0.2) is 18.3 Å². The highest BCUT2D eigenvalue weighted by Crippen LogP contribution is 2.30. The van der Waals surface area contributed by atoms with Crippen LogP contribution < -0.4 is 4.90 Å². The second kappa shape index (κ2) is 5.26. The van der Waals surface area contributed by atoms with Crippen molar-refractivity contribution in [3.05, 3.63) is 18.3 Å². The van der Waals surface area contributed by atoms with Crippen molar-refractivity contribution in [1.82, 2.24) is 14.9 Å². The number of fused-ring (bicyclic) bond motifs is 1. The Morgan fingerprint density at radius 2 is 2.05 bits per heavy atom. The molecule has 0 aromatic carbocycles. The zero-order valence-electron chi connectivity index (χ0n) is 11.9. The van der Waals surface area contributed by atoms with Crippen LogP contribution in [-0.4, -0.2) is 47.0 Å². The highest BCUT2D eigenvalue weighted by atomic mass is 32.1. The maximum absolute atomic E-state index is 12.2. The third kappa shape index (κ3) is 2.37. The van der Waals surface area contributed by atoms with Crippen molar-refractivity contribution >= 4 is 32.7 Å². The van der Waals surface area contributed by atoms with Crippen LogP contribution >= 0.6 is 11.3 Å². The van der Waals surface area contributed by atoms with Gasteiger partial charge >= 0.3 is 0 Å². The Morgan fingerprint density at radius 3 is 2.71 bits per heavy atom. The summed E-state index contributed by atoms with van der Waals surface area (Å²) in [7, 11) is 0. The first kappa shape index (κ1) is 13.0. The first-order chi connectivity index (χ1) is 10.3. The SMILES string of the molecule is O=C(C1CCC1)N1CCN(c2nc3cccnc3s2)CC1. The summed E-state index contributed by atoms with van der Waals surface area (Å²) in [5.41, 5.74) is 0.963. The topological polar surface area (TPSA) is 49.3 Å². The average molecular weight is 302 g/mol. The number of amides is 1. The number of carbonyl (C=O) groups is 1. The Bertz CT molecular complexity index is 625. The van der Waals surface area contributed by atoms with Crippen LogP contribution in [-0.2, 0) is 4.79 Å². The summed E-state index contributed by atoms with van der Waals surface area (Å²) < 4.78 is 0. The van der Waals surface area contributed by atoms with Gasteiger partial charge in [-0.2, -0.15) is 0 Å². The molecule has 110 valence electrons. The molecule has 1 amide bonds. The molecule has 0 bridgehead atoms. The van der Waals surface area contributed by atoms with E-state index >= 15 is 0 Å². The Labute approximate surface area is 127 Å². The summed E-state index contributed by atoms with van der Waals surface area (Å²) >= 11 is 1.64. The van der Waals surface area contributed by atoms with Crippen molar-refractivity contribution in [2.75, 3.05) is 31.1 Å². The molecule has 1 aliphatic carbocycles. The van der Waals surface area contributed by atoms with E-state index in [0.29, 0.717) is 11.8 Å². The van der Waals surface area contributed by atoms with Crippen LogP contribution in [0.25, 0.3) is 10.3 Å². The lowest BCUT2D eigenvalue weighted by molar-refractivity contribution is -0.138. The van der Waals surface area contributed by atoms with Crippen molar-refractivity contribution in [1.29, 1.82) is 0 Å². The van der Waals surface area contributed by atoms with E-state index in [4.69, 9.17) is 0 Å². The van der Waals surface area contributed by atoms with Gasteiger partial charge in [-0.1, -0.05) is 17.8 Å². The van der Waals surface area contributed by atoms with Gasteiger partial charge in [0.15, 0.2) is 5.13 Å². The van der Waals surface area contributed by atoms with E-state index in [2.05, 4.69) is 14.9 Å². The number of anilines is 1. The summed E-state index contributed by atoms with van der Waals surface area (Å²) in [6.45, 7) is 3.38. The molecule has 0 radical (unpaired) electrons. The van der Waals surface area contributed by atoms with Crippen LogP contribution in [0.4, 0.5) is 5.13 Å². The number of rotatable bonds is 2. The van der Waals surface area contributed by atoms with Crippen LogP contribution in [0.1, 0.15) is 19.3 Å². The van der Waals surface area contributed by atoms with Gasteiger partial charge in [0, 0.05) is 38.3 Å². The van der Waals surface area contributed by atoms with Gasteiger partial charge in [0.05, 0.1) is 0 Å². The molecule has 6 heteroatoms. The summed E-state index contributed by atoms with van der Waals surface area (Å²) in [4.78, 5) is 26.5. The van der Waals surface area contributed by atoms with Crippen LogP contribution in [0.3, 0.4) is 0 Å². The molecule has 2 aromatic heterocycles. The van der Waals surface area contributed by atoms with Crippen LogP contribution in [0.2, 0.25) is 0 Å². The molecule has 1 saturated heterocycles. The van der Waals surface area contributed by atoms with E-state index in [9.17, 15) is 4.79 Å². The largest absolute Gasteiger partial charge is 0.344 e. The molecule has 5 nitrogen and oxygen atoms in total. The summed E-state index contributed by atoms with van der Waals surface area (Å²) in [5.74, 6) is 0.676. The highest BCUT2D eigenvalue weighted by Gasteiger charge is 2.31. The predicted molar refractivity (Wildman–Crippen MR) is 83.5 cm³/mol. The minimum Gasteiger partial charge on any atom is -0.344 e. The summed E-state index contributed by atoms with van der Waals surface area (Å²) in [6.07, 6.45) is 5.19. The average Bonchev–Trinajstić information content (AvgIpc) is 2.89. The molecule has 0 N–H and O–H groups in total. The first-order valence-electron chi connectivity index (χ1n) is 7.56. The standard InChI is InChI=1S/C15H18N4OS/c20-14(11-3-1-4-11)18-7-9-19(10-8-18)15-17-12-5-2-6-16-13(12)21-15/h2,5-6,11H,1,3-4,7-10H2. The molecule has 0 atom stereocenters. The third-order valence-corrected chi connectivity index (χ3v) is 5.51. The van der Waals surface area contributed by atoms with Gasteiger partial charge in [0.2, 0.25) is 5.91 Å². The number of carbonyl (C=O) groups excluding carboxylic acids is 1. The fraction of sp³-hybridized carbons (Fsp3) is 0.533. The van der Waals surface area contributed by atoms with Gasteiger partial charge in [-0.05, 0) is 25.0 Å². The molecular formula is C15H18N4OS. The van der Waals surface area contributed by atoms with Gasteiger partial charge in [-0.3, -0.25) is 4.79 Å². The highest BCUT2D eigenvalue weighted by molar-refractivity contribution is 7.21. The maximum Gasteiger partial charge on any atom is 0.225 e. The monoisotopic (exact) mass is 302 g/mol. The minimum atomic E-state index is 0.309. The number of thiazole rings is 1. The molecule has 1 aliphatic heterocycles. The van der Waals surface area contributed by atoms with Crippen molar-refractivity contribution in [3.8, 4) is 0 Å². The lowest BCUT2D eigenvalue weighted by atomic mass is 9.84. The number of aromatic nitrogens is 2. The van der Waals surface area contributed by atoms with E-state index in [1.165, 1.54) is 6.42 Å². The van der Waals surface area contributed by atoms with Crippen LogP contribution in [0.5, 0.6) is 0 Å². The predicted octanol–water partition coefficient (Wildman–Crippen LogP) is 2.14. The Morgan fingerprint density at radius 1 is 1.24 bits per heavy atom. The van der Waals surface area contributed by atoms with Crippen molar-refractivity contribution in [2.24, 2.45) is 5.92 Å². The zero-order valence-corrected chi connectivity index (χ0v) is 12.7. The number of hydrogen-bond acceptors (Lipinski definition) is 5. The van der Waals surface area contributed by atoms with E-state index in [0.717, 1.165) is 54.5 Å². The zero-order chi connectivity index (χ0) is 14.2. The fourth-order valence-electron chi connectivity index (χ4n) is 2.93. The second-order valence-electron chi connectivity index (χ2n) is 5.76. The van der Waals surface area contributed by atoms with Gasteiger partial charge in [-0.25, -0.2) is 9.97 Å². The van der Waals surface area contributed by atoms with Crippen molar-refractivity contribution in [3.63, 3.8) is 0 Å². The molecule has 21 heavy (non-hydrogen) atoms. The smallest absolute Gasteiger partial charge is 0.225 e. The molecule has 2 aromatic rings.